The molecule has 0 spiro atoms. The average molecular weight is 254 g/mol. The van der Waals surface area contributed by atoms with Crippen molar-refractivity contribution in [2.75, 3.05) is 13.7 Å². The SMILES string of the molecule is CNC(=O)COc1cc(F)cc(CNC(C)C)c1. The maximum atomic E-state index is 13.4. The summed E-state index contributed by atoms with van der Waals surface area (Å²) >= 11 is 0. The lowest BCUT2D eigenvalue weighted by atomic mass is 10.2. The number of benzene rings is 1. The molecule has 0 unspecified atom stereocenters. The number of hydrogen-bond acceptors (Lipinski definition) is 3. The molecular weight excluding hydrogens is 235 g/mol. The summed E-state index contributed by atoms with van der Waals surface area (Å²) < 4.78 is 18.6. The Morgan fingerprint density at radius 1 is 1.39 bits per heavy atom. The van der Waals surface area contributed by atoms with Crippen molar-refractivity contribution in [3.63, 3.8) is 0 Å². The van der Waals surface area contributed by atoms with Crippen LogP contribution in [0.2, 0.25) is 0 Å². The van der Waals surface area contributed by atoms with Gasteiger partial charge in [0.1, 0.15) is 11.6 Å². The minimum atomic E-state index is -0.370. The monoisotopic (exact) mass is 254 g/mol. The van der Waals surface area contributed by atoms with Crippen molar-refractivity contribution in [2.24, 2.45) is 0 Å². The molecule has 1 amide bonds. The number of carbonyl (C=O) groups excluding carboxylic acids is 1. The summed E-state index contributed by atoms with van der Waals surface area (Å²) in [4.78, 5) is 11.0. The molecule has 0 bridgehead atoms. The Bertz CT molecular complexity index is 408. The Morgan fingerprint density at radius 2 is 2.11 bits per heavy atom. The maximum absolute atomic E-state index is 13.4. The zero-order chi connectivity index (χ0) is 13.5. The van der Waals surface area contributed by atoms with Gasteiger partial charge in [-0.1, -0.05) is 13.8 Å². The molecule has 0 aliphatic carbocycles. The van der Waals surface area contributed by atoms with Gasteiger partial charge in [-0.15, -0.1) is 0 Å². The Balaban J connectivity index is 2.65. The van der Waals surface area contributed by atoms with Crippen molar-refractivity contribution in [1.29, 1.82) is 0 Å². The normalized spacial score (nSPS) is 10.5. The van der Waals surface area contributed by atoms with Gasteiger partial charge in [-0.2, -0.15) is 0 Å². The molecule has 1 aromatic rings. The lowest BCUT2D eigenvalue weighted by molar-refractivity contribution is -0.122. The highest BCUT2D eigenvalue weighted by Gasteiger charge is 2.05. The Morgan fingerprint density at radius 3 is 2.72 bits per heavy atom. The second kappa shape index (κ2) is 6.96. The zero-order valence-corrected chi connectivity index (χ0v) is 10.9. The molecular formula is C13H19FN2O2. The number of nitrogens with one attached hydrogen (secondary N) is 2. The maximum Gasteiger partial charge on any atom is 0.257 e. The number of carbonyl (C=O) groups is 1. The van der Waals surface area contributed by atoms with Crippen molar-refractivity contribution in [3.05, 3.63) is 29.6 Å². The average Bonchev–Trinajstić information content (AvgIpc) is 2.33. The van der Waals surface area contributed by atoms with Crippen LogP contribution in [-0.4, -0.2) is 25.6 Å². The minimum absolute atomic E-state index is 0.114. The predicted molar refractivity (Wildman–Crippen MR) is 67.9 cm³/mol. The first-order valence-electron chi connectivity index (χ1n) is 5.87. The Labute approximate surface area is 107 Å². The van der Waals surface area contributed by atoms with Crippen LogP contribution in [0.5, 0.6) is 5.75 Å². The first kappa shape index (κ1) is 14.4. The molecule has 0 radical (unpaired) electrons. The fourth-order valence-corrected chi connectivity index (χ4v) is 1.35. The summed E-state index contributed by atoms with van der Waals surface area (Å²) in [6, 6.07) is 4.76. The van der Waals surface area contributed by atoms with Crippen molar-refractivity contribution in [3.8, 4) is 5.75 Å². The van der Waals surface area contributed by atoms with E-state index in [2.05, 4.69) is 10.6 Å². The molecule has 0 aliphatic rings. The van der Waals surface area contributed by atoms with Crippen LogP contribution < -0.4 is 15.4 Å². The number of rotatable bonds is 6. The molecule has 0 fully saturated rings. The van der Waals surface area contributed by atoms with E-state index < -0.39 is 0 Å². The summed E-state index contributed by atoms with van der Waals surface area (Å²) in [5.41, 5.74) is 0.788. The van der Waals surface area contributed by atoms with Crippen LogP contribution in [0.3, 0.4) is 0 Å². The standard InChI is InChI=1S/C13H19FN2O2/c1-9(2)16-7-10-4-11(14)6-12(5-10)18-8-13(17)15-3/h4-6,9,16H,7-8H2,1-3H3,(H,15,17). The number of hydrogen-bond donors (Lipinski definition) is 2. The van der Waals surface area contributed by atoms with Gasteiger partial charge >= 0.3 is 0 Å². The summed E-state index contributed by atoms with van der Waals surface area (Å²) in [6.07, 6.45) is 0. The van der Waals surface area contributed by atoms with E-state index in [0.717, 1.165) is 5.56 Å². The summed E-state index contributed by atoms with van der Waals surface area (Å²) in [7, 11) is 1.52. The number of halogens is 1. The van der Waals surface area contributed by atoms with E-state index in [4.69, 9.17) is 4.74 Å². The van der Waals surface area contributed by atoms with Crippen molar-refractivity contribution in [2.45, 2.75) is 26.4 Å². The smallest absolute Gasteiger partial charge is 0.257 e. The molecule has 1 rings (SSSR count). The van der Waals surface area contributed by atoms with Gasteiger partial charge in [0.25, 0.3) is 5.91 Å². The van der Waals surface area contributed by atoms with Crippen LogP contribution in [0.4, 0.5) is 4.39 Å². The van der Waals surface area contributed by atoms with E-state index in [-0.39, 0.29) is 18.3 Å². The van der Waals surface area contributed by atoms with Gasteiger partial charge in [-0.05, 0) is 17.7 Å². The van der Waals surface area contributed by atoms with Crippen LogP contribution in [0.15, 0.2) is 18.2 Å². The highest BCUT2D eigenvalue weighted by molar-refractivity contribution is 5.77. The van der Waals surface area contributed by atoms with Gasteiger partial charge in [-0.3, -0.25) is 4.79 Å². The molecule has 4 nitrogen and oxygen atoms in total. The quantitative estimate of drug-likeness (QED) is 0.808. The molecule has 0 atom stereocenters. The third-order valence-electron chi connectivity index (χ3n) is 2.29. The lowest BCUT2D eigenvalue weighted by Crippen LogP contribution is -2.25. The van der Waals surface area contributed by atoms with Gasteiger partial charge in [0.2, 0.25) is 0 Å². The van der Waals surface area contributed by atoms with E-state index >= 15 is 0 Å². The molecule has 0 aliphatic heterocycles. The van der Waals surface area contributed by atoms with Crippen molar-refractivity contribution in [1.82, 2.24) is 10.6 Å². The molecule has 0 saturated carbocycles. The van der Waals surface area contributed by atoms with E-state index in [9.17, 15) is 9.18 Å². The Hall–Kier alpha value is -1.62. The topological polar surface area (TPSA) is 50.4 Å². The van der Waals surface area contributed by atoms with Crippen LogP contribution >= 0.6 is 0 Å². The predicted octanol–water partition coefficient (Wildman–Crippen LogP) is 1.45. The molecule has 1 aromatic carbocycles. The van der Waals surface area contributed by atoms with Crippen molar-refractivity contribution < 1.29 is 13.9 Å². The zero-order valence-electron chi connectivity index (χ0n) is 10.9. The first-order chi connectivity index (χ1) is 8.51. The minimum Gasteiger partial charge on any atom is -0.484 e. The lowest BCUT2D eigenvalue weighted by Gasteiger charge is -2.10. The number of likely N-dealkylation sites (N-methyl/N-ethyl adjacent to an activating group) is 1. The fourth-order valence-electron chi connectivity index (χ4n) is 1.35. The Kier molecular flexibility index (Phi) is 5.58. The number of ether oxygens (including phenoxy) is 1. The molecule has 5 heteroatoms. The van der Waals surface area contributed by atoms with E-state index in [1.54, 1.807) is 6.07 Å². The number of amides is 1. The summed E-state index contributed by atoms with van der Waals surface area (Å²) in [5, 5.41) is 5.63. The molecule has 0 saturated heterocycles. The van der Waals surface area contributed by atoms with Crippen molar-refractivity contribution >= 4 is 5.91 Å². The third-order valence-corrected chi connectivity index (χ3v) is 2.29. The highest BCUT2D eigenvalue weighted by atomic mass is 19.1. The largest absolute Gasteiger partial charge is 0.484 e. The van der Waals surface area contributed by atoms with Gasteiger partial charge < -0.3 is 15.4 Å². The highest BCUT2D eigenvalue weighted by Crippen LogP contribution is 2.16. The van der Waals surface area contributed by atoms with Crippen LogP contribution in [0, 0.1) is 5.82 Å². The second-order valence-corrected chi connectivity index (χ2v) is 4.29. The van der Waals surface area contributed by atoms with E-state index in [0.29, 0.717) is 18.3 Å². The molecule has 18 heavy (non-hydrogen) atoms. The third kappa shape index (κ3) is 5.14. The van der Waals surface area contributed by atoms with Crippen LogP contribution in [-0.2, 0) is 11.3 Å². The van der Waals surface area contributed by atoms with Gasteiger partial charge in [0.15, 0.2) is 6.61 Å². The van der Waals surface area contributed by atoms with Gasteiger partial charge in [-0.25, -0.2) is 4.39 Å². The molecule has 100 valence electrons. The van der Waals surface area contributed by atoms with E-state index in [1.807, 2.05) is 13.8 Å². The summed E-state index contributed by atoms with van der Waals surface area (Å²) in [6.45, 7) is 4.48. The first-order valence-corrected chi connectivity index (χ1v) is 5.87. The van der Waals surface area contributed by atoms with Gasteiger partial charge in [0.05, 0.1) is 0 Å². The molecule has 0 heterocycles. The van der Waals surface area contributed by atoms with Crippen LogP contribution in [0.1, 0.15) is 19.4 Å². The van der Waals surface area contributed by atoms with Crippen LogP contribution in [0.25, 0.3) is 0 Å². The second-order valence-electron chi connectivity index (χ2n) is 4.29. The molecule has 2 N–H and O–H groups in total. The summed E-state index contributed by atoms with van der Waals surface area (Å²) in [5.74, 6) is -0.259. The fraction of sp³-hybridized carbons (Fsp3) is 0.462. The van der Waals surface area contributed by atoms with E-state index in [1.165, 1.54) is 19.2 Å². The molecule has 0 aromatic heterocycles. The van der Waals surface area contributed by atoms with Gasteiger partial charge in [0, 0.05) is 25.7 Å².